The number of aromatic nitrogens is 1. The minimum Gasteiger partial charge on any atom is -0.264 e. The lowest BCUT2D eigenvalue weighted by Gasteiger charge is -2.09. The maximum absolute atomic E-state index is 6.15. The second-order valence-electron chi connectivity index (χ2n) is 3.94. The first-order chi connectivity index (χ1) is 8.20. The molecule has 0 bridgehead atoms. The van der Waals surface area contributed by atoms with Crippen molar-refractivity contribution in [2.45, 2.75) is 23.5 Å². The molecule has 0 saturated carbocycles. The summed E-state index contributed by atoms with van der Waals surface area (Å²) in [5.41, 5.74) is 1.28. The van der Waals surface area contributed by atoms with Crippen LogP contribution >= 0.6 is 34.7 Å². The van der Waals surface area contributed by atoms with Crippen LogP contribution in [0.2, 0.25) is 5.02 Å². The van der Waals surface area contributed by atoms with E-state index in [0.29, 0.717) is 5.92 Å². The van der Waals surface area contributed by atoms with Crippen LogP contribution in [0.4, 0.5) is 0 Å². The summed E-state index contributed by atoms with van der Waals surface area (Å²) in [6.07, 6.45) is 6.84. The maximum atomic E-state index is 6.15. The monoisotopic (exact) mass is 283 g/mol. The quantitative estimate of drug-likeness (QED) is 0.743. The molecule has 2 heterocycles. The summed E-state index contributed by atoms with van der Waals surface area (Å²) in [5.74, 6) is 0.480. The molecule has 0 aliphatic carbocycles. The van der Waals surface area contributed by atoms with Gasteiger partial charge in [-0.1, -0.05) is 24.6 Å². The lowest BCUT2D eigenvalue weighted by atomic mass is 9.99. The van der Waals surface area contributed by atoms with Gasteiger partial charge in [0.05, 0.1) is 9.23 Å². The van der Waals surface area contributed by atoms with Gasteiger partial charge in [-0.05, 0) is 36.3 Å². The van der Waals surface area contributed by atoms with Crippen LogP contribution in [0.25, 0.3) is 0 Å². The molecular weight excluding hydrogens is 270 g/mol. The zero-order valence-electron chi connectivity index (χ0n) is 9.81. The van der Waals surface area contributed by atoms with Crippen LogP contribution in [0.3, 0.4) is 0 Å². The van der Waals surface area contributed by atoms with Gasteiger partial charge >= 0.3 is 0 Å². The molecule has 0 aromatic carbocycles. The minimum absolute atomic E-state index is 0.480. The van der Waals surface area contributed by atoms with Gasteiger partial charge in [-0.25, -0.2) is 0 Å². The molecule has 0 aliphatic rings. The third kappa shape index (κ3) is 3.24. The summed E-state index contributed by atoms with van der Waals surface area (Å²) in [6.45, 7) is 2.23. The van der Waals surface area contributed by atoms with E-state index in [2.05, 4.69) is 30.3 Å². The normalized spacial score (nSPS) is 12.6. The van der Waals surface area contributed by atoms with Gasteiger partial charge in [0.1, 0.15) is 0 Å². The van der Waals surface area contributed by atoms with Crippen LogP contribution in [0.1, 0.15) is 23.3 Å². The molecule has 0 N–H and O–H groups in total. The van der Waals surface area contributed by atoms with Crippen LogP contribution in [-0.2, 0) is 6.42 Å². The Bertz CT molecular complexity index is 481. The largest absolute Gasteiger partial charge is 0.264 e. The molecule has 2 aromatic rings. The Morgan fingerprint density at radius 1 is 1.53 bits per heavy atom. The van der Waals surface area contributed by atoms with E-state index < -0.39 is 0 Å². The number of pyridine rings is 1. The first-order valence-electron chi connectivity index (χ1n) is 5.43. The summed E-state index contributed by atoms with van der Waals surface area (Å²) in [7, 11) is 0. The van der Waals surface area contributed by atoms with Crippen molar-refractivity contribution in [3.8, 4) is 0 Å². The van der Waals surface area contributed by atoms with Gasteiger partial charge in [0.15, 0.2) is 0 Å². The molecule has 4 heteroatoms. The molecular formula is C13H14ClNS2. The maximum Gasteiger partial charge on any atom is 0.0785 e. The fraction of sp³-hybridized carbons (Fsp3) is 0.308. The molecule has 2 rings (SSSR count). The number of hydrogen-bond donors (Lipinski definition) is 0. The fourth-order valence-corrected chi connectivity index (χ4v) is 4.08. The summed E-state index contributed by atoms with van der Waals surface area (Å²) in [6, 6.07) is 6.20. The van der Waals surface area contributed by atoms with Crippen LogP contribution in [-0.4, -0.2) is 11.2 Å². The molecule has 0 saturated heterocycles. The standard InChI is InChI=1S/C13H14ClNS2/c1-9(10-4-3-5-15-8-10)6-11-7-12(14)13(16-2)17-11/h3-5,7-9H,6H2,1-2H3. The predicted octanol–water partition coefficient (Wildman–Crippen LogP) is 4.86. The third-order valence-electron chi connectivity index (χ3n) is 2.65. The van der Waals surface area contributed by atoms with Gasteiger partial charge in [0.25, 0.3) is 0 Å². The number of rotatable bonds is 4. The van der Waals surface area contributed by atoms with E-state index in [1.165, 1.54) is 14.6 Å². The van der Waals surface area contributed by atoms with E-state index in [0.717, 1.165) is 11.4 Å². The molecule has 17 heavy (non-hydrogen) atoms. The average molecular weight is 284 g/mol. The molecule has 1 nitrogen and oxygen atoms in total. The van der Waals surface area contributed by atoms with Gasteiger partial charge in [-0.2, -0.15) is 0 Å². The first-order valence-corrected chi connectivity index (χ1v) is 7.84. The Hall–Kier alpha value is -0.510. The predicted molar refractivity (Wildman–Crippen MR) is 77.5 cm³/mol. The van der Waals surface area contributed by atoms with E-state index in [1.807, 2.05) is 18.5 Å². The van der Waals surface area contributed by atoms with Crippen LogP contribution < -0.4 is 0 Å². The summed E-state index contributed by atoms with van der Waals surface area (Å²) in [4.78, 5) is 5.50. The van der Waals surface area contributed by atoms with Gasteiger partial charge in [0.2, 0.25) is 0 Å². The topological polar surface area (TPSA) is 12.9 Å². The van der Waals surface area contributed by atoms with Crippen LogP contribution in [0, 0.1) is 0 Å². The van der Waals surface area contributed by atoms with E-state index in [1.54, 1.807) is 23.1 Å². The number of halogens is 1. The fourth-order valence-electron chi connectivity index (χ4n) is 1.72. The smallest absolute Gasteiger partial charge is 0.0785 e. The van der Waals surface area contributed by atoms with Gasteiger partial charge in [0, 0.05) is 17.3 Å². The lowest BCUT2D eigenvalue weighted by molar-refractivity contribution is 0.764. The van der Waals surface area contributed by atoms with Gasteiger partial charge < -0.3 is 0 Å². The molecule has 1 unspecified atom stereocenters. The zero-order chi connectivity index (χ0) is 12.3. The van der Waals surface area contributed by atoms with Crippen LogP contribution in [0.15, 0.2) is 34.8 Å². The zero-order valence-corrected chi connectivity index (χ0v) is 12.2. The van der Waals surface area contributed by atoms with E-state index >= 15 is 0 Å². The van der Waals surface area contributed by atoms with Gasteiger partial charge in [-0.15, -0.1) is 23.1 Å². The Morgan fingerprint density at radius 2 is 2.35 bits per heavy atom. The van der Waals surface area contributed by atoms with Gasteiger partial charge in [-0.3, -0.25) is 4.98 Å². The van der Waals surface area contributed by atoms with Crippen molar-refractivity contribution in [2.24, 2.45) is 0 Å². The van der Waals surface area contributed by atoms with Crippen molar-refractivity contribution < 1.29 is 0 Å². The third-order valence-corrected chi connectivity index (χ3v) is 5.47. The highest BCUT2D eigenvalue weighted by Crippen LogP contribution is 2.36. The highest BCUT2D eigenvalue weighted by atomic mass is 35.5. The van der Waals surface area contributed by atoms with E-state index in [9.17, 15) is 0 Å². The Labute approximate surface area is 115 Å². The number of nitrogens with zero attached hydrogens (tertiary/aromatic N) is 1. The second-order valence-corrected chi connectivity index (χ2v) is 6.56. The molecule has 1 atom stereocenters. The number of thioether (sulfide) groups is 1. The summed E-state index contributed by atoms with van der Waals surface area (Å²) in [5, 5.41) is 0.885. The first kappa shape index (κ1) is 12.9. The highest BCUT2D eigenvalue weighted by molar-refractivity contribution is 8.00. The molecule has 0 fully saturated rings. The number of hydrogen-bond acceptors (Lipinski definition) is 3. The molecule has 90 valence electrons. The summed E-state index contributed by atoms with van der Waals surface area (Å²) < 4.78 is 1.21. The average Bonchev–Trinajstić information content (AvgIpc) is 2.70. The van der Waals surface area contributed by atoms with E-state index in [4.69, 9.17) is 11.6 Å². The van der Waals surface area contributed by atoms with Crippen molar-refractivity contribution >= 4 is 34.7 Å². The van der Waals surface area contributed by atoms with Crippen molar-refractivity contribution in [1.29, 1.82) is 0 Å². The number of thiophene rings is 1. The Kier molecular flexibility index (Phi) is 4.48. The summed E-state index contributed by atoms with van der Waals surface area (Å²) >= 11 is 9.66. The minimum atomic E-state index is 0.480. The molecule has 0 radical (unpaired) electrons. The second kappa shape index (κ2) is 5.89. The lowest BCUT2D eigenvalue weighted by Crippen LogP contribution is -1.96. The van der Waals surface area contributed by atoms with Crippen molar-refractivity contribution in [1.82, 2.24) is 4.98 Å². The molecule has 0 amide bonds. The van der Waals surface area contributed by atoms with Crippen LogP contribution in [0.5, 0.6) is 0 Å². The molecule has 0 spiro atoms. The Morgan fingerprint density at radius 3 is 2.94 bits per heavy atom. The highest BCUT2D eigenvalue weighted by Gasteiger charge is 2.11. The van der Waals surface area contributed by atoms with Crippen molar-refractivity contribution in [2.75, 3.05) is 6.26 Å². The van der Waals surface area contributed by atoms with Crippen molar-refractivity contribution in [3.05, 3.63) is 46.1 Å². The van der Waals surface area contributed by atoms with Crippen molar-refractivity contribution in [3.63, 3.8) is 0 Å². The SMILES string of the molecule is CSc1sc(CC(C)c2cccnc2)cc1Cl. The molecule has 2 aromatic heterocycles. The van der Waals surface area contributed by atoms with E-state index in [-0.39, 0.29) is 0 Å². The Balaban J connectivity index is 2.10. The molecule has 0 aliphatic heterocycles.